The molecule has 0 saturated carbocycles. The molecule has 2 atom stereocenters. The van der Waals surface area contributed by atoms with Crippen LogP contribution in [0.15, 0.2) is 24.3 Å². The Morgan fingerprint density at radius 3 is 2.62 bits per heavy atom. The minimum atomic E-state index is 0.107. The molecule has 1 aliphatic heterocycles. The Morgan fingerprint density at radius 2 is 1.81 bits per heavy atom. The number of fused-ring (bicyclic) bond motifs is 1. The van der Waals surface area contributed by atoms with Crippen LogP contribution in [0.1, 0.15) is 75.5 Å². The van der Waals surface area contributed by atoms with Gasteiger partial charge in [-0.3, -0.25) is 0 Å². The lowest BCUT2D eigenvalue weighted by Crippen LogP contribution is -2.33. The largest absolute Gasteiger partial charge is 0.372 e. The number of ether oxygens (including phenoxy) is 1. The molecule has 0 radical (unpaired) electrons. The van der Waals surface area contributed by atoms with E-state index < -0.39 is 0 Å². The standard InChI is InChI=1S/C19H31NO/c1-2-3-4-5-6-7-8-13-18(20)19-17-12-10-9-11-16(17)14-15-21-19/h9-12,18-19H,2-8,13-15,20H2,1H3. The third kappa shape index (κ3) is 5.12. The molecule has 2 nitrogen and oxygen atoms in total. The van der Waals surface area contributed by atoms with Crippen LogP contribution in [0.5, 0.6) is 0 Å². The Kier molecular flexibility index (Phi) is 7.25. The monoisotopic (exact) mass is 289 g/mol. The lowest BCUT2D eigenvalue weighted by Gasteiger charge is -2.30. The third-order valence-corrected chi connectivity index (χ3v) is 4.56. The van der Waals surface area contributed by atoms with Crippen LogP contribution >= 0.6 is 0 Å². The summed E-state index contributed by atoms with van der Waals surface area (Å²) in [5.74, 6) is 0. The van der Waals surface area contributed by atoms with Gasteiger partial charge in [-0.05, 0) is 24.0 Å². The number of hydrogen-bond donors (Lipinski definition) is 1. The first-order valence-electron chi connectivity index (χ1n) is 8.78. The number of hydrogen-bond acceptors (Lipinski definition) is 2. The molecule has 1 heterocycles. The van der Waals surface area contributed by atoms with Gasteiger partial charge in [-0.15, -0.1) is 0 Å². The Labute approximate surface area is 130 Å². The summed E-state index contributed by atoms with van der Waals surface area (Å²) in [5, 5.41) is 0. The Morgan fingerprint density at radius 1 is 1.10 bits per heavy atom. The van der Waals surface area contributed by atoms with Crippen molar-refractivity contribution in [3.63, 3.8) is 0 Å². The highest BCUT2D eigenvalue weighted by atomic mass is 16.5. The molecule has 0 fully saturated rings. The van der Waals surface area contributed by atoms with Crippen LogP contribution in [0.2, 0.25) is 0 Å². The molecule has 1 aromatic carbocycles. The first kappa shape index (κ1) is 16.5. The number of rotatable bonds is 9. The van der Waals surface area contributed by atoms with E-state index in [2.05, 4.69) is 31.2 Å². The van der Waals surface area contributed by atoms with E-state index in [4.69, 9.17) is 10.5 Å². The first-order chi connectivity index (χ1) is 10.3. The van der Waals surface area contributed by atoms with E-state index in [1.165, 1.54) is 56.1 Å². The van der Waals surface area contributed by atoms with E-state index >= 15 is 0 Å². The van der Waals surface area contributed by atoms with Gasteiger partial charge < -0.3 is 10.5 Å². The lowest BCUT2D eigenvalue weighted by atomic mass is 9.91. The summed E-state index contributed by atoms with van der Waals surface area (Å²) >= 11 is 0. The molecule has 1 aliphatic rings. The van der Waals surface area contributed by atoms with E-state index in [-0.39, 0.29) is 12.1 Å². The second-order valence-electron chi connectivity index (χ2n) is 6.31. The first-order valence-corrected chi connectivity index (χ1v) is 8.78. The molecule has 2 unspecified atom stereocenters. The molecule has 0 spiro atoms. The average molecular weight is 289 g/mol. The van der Waals surface area contributed by atoms with E-state index in [0.717, 1.165) is 19.4 Å². The normalized spacial score (nSPS) is 19.2. The summed E-state index contributed by atoms with van der Waals surface area (Å²) in [6.07, 6.45) is 11.6. The zero-order valence-corrected chi connectivity index (χ0v) is 13.5. The van der Waals surface area contributed by atoms with Gasteiger partial charge in [0, 0.05) is 6.04 Å². The van der Waals surface area contributed by atoms with Crippen molar-refractivity contribution < 1.29 is 4.74 Å². The molecule has 2 rings (SSSR count). The predicted octanol–water partition coefficient (Wildman–Crippen LogP) is 4.77. The maximum atomic E-state index is 6.40. The molecule has 1 aromatic rings. The zero-order valence-electron chi connectivity index (χ0n) is 13.5. The molecular weight excluding hydrogens is 258 g/mol. The van der Waals surface area contributed by atoms with Crippen LogP contribution in [0.25, 0.3) is 0 Å². The second kappa shape index (κ2) is 9.22. The molecule has 2 heteroatoms. The van der Waals surface area contributed by atoms with E-state index in [9.17, 15) is 0 Å². The third-order valence-electron chi connectivity index (χ3n) is 4.56. The van der Waals surface area contributed by atoms with Crippen LogP contribution in [-0.2, 0) is 11.2 Å². The SMILES string of the molecule is CCCCCCCCCC(N)C1OCCc2ccccc21. The van der Waals surface area contributed by atoms with Crippen molar-refractivity contribution in [1.82, 2.24) is 0 Å². The van der Waals surface area contributed by atoms with Crippen molar-refractivity contribution in [3.05, 3.63) is 35.4 Å². The van der Waals surface area contributed by atoms with Gasteiger partial charge in [-0.25, -0.2) is 0 Å². The maximum absolute atomic E-state index is 6.40. The quantitative estimate of drug-likeness (QED) is 0.665. The van der Waals surface area contributed by atoms with Crippen molar-refractivity contribution in [1.29, 1.82) is 0 Å². The van der Waals surface area contributed by atoms with Gasteiger partial charge in [-0.1, -0.05) is 76.1 Å². The summed E-state index contributed by atoms with van der Waals surface area (Å²) in [6, 6.07) is 8.75. The van der Waals surface area contributed by atoms with Crippen molar-refractivity contribution in [2.75, 3.05) is 6.61 Å². The van der Waals surface area contributed by atoms with Crippen molar-refractivity contribution >= 4 is 0 Å². The summed E-state index contributed by atoms with van der Waals surface area (Å²) in [4.78, 5) is 0. The Balaban J connectivity index is 1.71. The van der Waals surface area contributed by atoms with Crippen LogP contribution < -0.4 is 5.73 Å². The summed E-state index contributed by atoms with van der Waals surface area (Å²) in [7, 11) is 0. The van der Waals surface area contributed by atoms with E-state index in [1.54, 1.807) is 0 Å². The summed E-state index contributed by atoms with van der Waals surface area (Å²) in [6.45, 7) is 3.08. The highest BCUT2D eigenvalue weighted by Crippen LogP contribution is 2.30. The fourth-order valence-electron chi connectivity index (χ4n) is 3.27. The minimum Gasteiger partial charge on any atom is -0.372 e. The fraction of sp³-hybridized carbons (Fsp3) is 0.684. The molecular formula is C19H31NO. The molecule has 118 valence electrons. The van der Waals surface area contributed by atoms with Crippen LogP contribution in [0.3, 0.4) is 0 Å². The summed E-state index contributed by atoms with van der Waals surface area (Å²) < 4.78 is 5.95. The van der Waals surface area contributed by atoms with Crippen LogP contribution in [0, 0.1) is 0 Å². The zero-order chi connectivity index (χ0) is 14.9. The Hall–Kier alpha value is -0.860. The lowest BCUT2D eigenvalue weighted by molar-refractivity contribution is 0.0222. The van der Waals surface area contributed by atoms with E-state index in [0.29, 0.717) is 0 Å². The highest BCUT2D eigenvalue weighted by Gasteiger charge is 2.25. The molecule has 0 aliphatic carbocycles. The van der Waals surface area contributed by atoms with Crippen molar-refractivity contribution in [2.45, 2.75) is 76.9 Å². The number of benzene rings is 1. The minimum absolute atomic E-state index is 0.107. The fourth-order valence-corrected chi connectivity index (χ4v) is 3.27. The van der Waals surface area contributed by atoms with Crippen LogP contribution in [0.4, 0.5) is 0 Å². The second-order valence-corrected chi connectivity index (χ2v) is 6.31. The Bertz CT molecular complexity index is 404. The highest BCUT2D eigenvalue weighted by molar-refractivity contribution is 5.31. The van der Waals surface area contributed by atoms with Gasteiger partial charge >= 0.3 is 0 Å². The smallest absolute Gasteiger partial charge is 0.0978 e. The topological polar surface area (TPSA) is 35.2 Å². The average Bonchev–Trinajstić information content (AvgIpc) is 2.53. The van der Waals surface area contributed by atoms with Gasteiger partial charge in [0.05, 0.1) is 12.7 Å². The van der Waals surface area contributed by atoms with Crippen molar-refractivity contribution in [2.24, 2.45) is 5.73 Å². The van der Waals surface area contributed by atoms with Crippen molar-refractivity contribution in [3.8, 4) is 0 Å². The summed E-state index contributed by atoms with van der Waals surface area (Å²) in [5.41, 5.74) is 9.14. The molecule has 0 amide bonds. The van der Waals surface area contributed by atoms with Gasteiger partial charge in [0.15, 0.2) is 0 Å². The van der Waals surface area contributed by atoms with E-state index in [1.807, 2.05) is 0 Å². The van der Waals surface area contributed by atoms with Gasteiger partial charge in [-0.2, -0.15) is 0 Å². The number of nitrogens with two attached hydrogens (primary N) is 1. The molecule has 21 heavy (non-hydrogen) atoms. The maximum Gasteiger partial charge on any atom is 0.0978 e. The van der Waals surface area contributed by atoms with Gasteiger partial charge in [0.25, 0.3) is 0 Å². The molecule has 0 aromatic heterocycles. The molecule has 2 N–H and O–H groups in total. The van der Waals surface area contributed by atoms with Gasteiger partial charge in [0.1, 0.15) is 0 Å². The number of unbranched alkanes of at least 4 members (excludes halogenated alkanes) is 6. The predicted molar refractivity (Wildman–Crippen MR) is 89.4 cm³/mol. The van der Waals surface area contributed by atoms with Gasteiger partial charge in [0.2, 0.25) is 0 Å². The molecule has 0 saturated heterocycles. The van der Waals surface area contributed by atoms with Crippen LogP contribution in [-0.4, -0.2) is 12.6 Å². The molecule has 0 bridgehead atoms.